The van der Waals surface area contributed by atoms with Gasteiger partial charge in [0, 0.05) is 24.0 Å². The smallest absolute Gasteiger partial charge is 0.264 e. The van der Waals surface area contributed by atoms with Crippen LogP contribution >= 0.6 is 11.6 Å². The Bertz CT molecular complexity index is 1660. The van der Waals surface area contributed by atoms with Crippen molar-refractivity contribution in [2.45, 2.75) is 57.6 Å². The van der Waals surface area contributed by atoms with Crippen molar-refractivity contribution in [3.8, 4) is 0 Å². The Balaban J connectivity index is 1.79. The Morgan fingerprint density at radius 2 is 1.34 bits per heavy atom. The number of carbonyl (C=O) groups excluding carboxylic acids is 2. The fraction of sp³-hybridized carbons (Fsp3) is 0.257. The van der Waals surface area contributed by atoms with Crippen molar-refractivity contribution in [3.63, 3.8) is 0 Å². The van der Waals surface area contributed by atoms with Crippen molar-refractivity contribution in [3.05, 3.63) is 130 Å². The SMILES string of the molecule is Cc1ccc(N(CC(=O)N(Cc2ccc(Cl)cc2)[C@@H](Cc2ccccc2)C(=O)NC(C)C)S(=O)(=O)c2ccc(C)cc2)cc1. The number of amides is 2. The van der Waals surface area contributed by atoms with Gasteiger partial charge in [-0.2, -0.15) is 0 Å². The number of nitrogens with zero attached hydrogens (tertiary/aromatic N) is 2. The largest absolute Gasteiger partial charge is 0.352 e. The fourth-order valence-corrected chi connectivity index (χ4v) is 6.34. The molecule has 0 saturated heterocycles. The molecule has 0 bridgehead atoms. The maximum Gasteiger partial charge on any atom is 0.264 e. The third-order valence-corrected chi connectivity index (χ3v) is 9.22. The quantitative estimate of drug-likeness (QED) is 0.198. The lowest BCUT2D eigenvalue weighted by atomic mass is 10.0. The summed E-state index contributed by atoms with van der Waals surface area (Å²) < 4.78 is 29.3. The van der Waals surface area contributed by atoms with Crippen LogP contribution in [0.4, 0.5) is 5.69 Å². The van der Waals surface area contributed by atoms with Crippen LogP contribution in [-0.2, 0) is 32.6 Å². The summed E-state index contributed by atoms with van der Waals surface area (Å²) in [4.78, 5) is 29.7. The zero-order chi connectivity index (χ0) is 31.9. The molecule has 0 aromatic heterocycles. The third-order valence-electron chi connectivity index (χ3n) is 7.18. The summed E-state index contributed by atoms with van der Waals surface area (Å²) in [5.41, 5.74) is 3.83. The molecule has 7 nitrogen and oxygen atoms in total. The lowest BCUT2D eigenvalue weighted by Crippen LogP contribution is -2.54. The van der Waals surface area contributed by atoms with Gasteiger partial charge in [-0.15, -0.1) is 0 Å². The van der Waals surface area contributed by atoms with E-state index in [4.69, 9.17) is 11.6 Å². The lowest BCUT2D eigenvalue weighted by Gasteiger charge is -2.34. The Morgan fingerprint density at radius 3 is 1.91 bits per heavy atom. The minimum atomic E-state index is -4.15. The molecule has 44 heavy (non-hydrogen) atoms. The van der Waals surface area contributed by atoms with Crippen molar-refractivity contribution in [2.75, 3.05) is 10.8 Å². The predicted molar refractivity (Wildman–Crippen MR) is 176 cm³/mol. The highest BCUT2D eigenvalue weighted by molar-refractivity contribution is 7.92. The molecule has 0 aliphatic heterocycles. The molecule has 0 saturated carbocycles. The van der Waals surface area contributed by atoms with Gasteiger partial charge in [-0.25, -0.2) is 8.42 Å². The van der Waals surface area contributed by atoms with Gasteiger partial charge in [0.2, 0.25) is 11.8 Å². The van der Waals surface area contributed by atoms with E-state index >= 15 is 0 Å². The Kier molecular flexibility index (Phi) is 10.8. The standard InChI is InChI=1S/C35H38ClN3O4S/c1-25(2)37-35(41)33(22-28-8-6-5-7-9-28)38(23-29-14-16-30(36)17-15-29)34(40)24-39(31-18-10-26(3)11-19-31)44(42,43)32-20-12-27(4)13-21-32/h5-21,25,33H,22-24H2,1-4H3,(H,37,41)/t33-/m0/s1. The number of benzene rings is 4. The van der Waals surface area contributed by atoms with Crippen LogP contribution in [0.2, 0.25) is 5.02 Å². The number of nitrogens with one attached hydrogen (secondary N) is 1. The molecule has 0 unspecified atom stereocenters. The van der Waals surface area contributed by atoms with Gasteiger partial charge in [0.25, 0.3) is 10.0 Å². The molecule has 0 spiro atoms. The van der Waals surface area contributed by atoms with Gasteiger partial charge in [0.1, 0.15) is 12.6 Å². The van der Waals surface area contributed by atoms with Crippen LogP contribution in [0, 0.1) is 13.8 Å². The van der Waals surface area contributed by atoms with Gasteiger partial charge in [-0.05, 0) is 75.2 Å². The second-order valence-corrected chi connectivity index (χ2v) is 13.5. The van der Waals surface area contributed by atoms with Gasteiger partial charge in [0.15, 0.2) is 0 Å². The van der Waals surface area contributed by atoms with E-state index in [-0.39, 0.29) is 29.8 Å². The van der Waals surface area contributed by atoms with Crippen molar-refractivity contribution in [1.82, 2.24) is 10.2 Å². The van der Waals surface area contributed by atoms with E-state index in [0.29, 0.717) is 10.7 Å². The second-order valence-electron chi connectivity index (χ2n) is 11.2. The van der Waals surface area contributed by atoms with Crippen LogP contribution in [0.25, 0.3) is 0 Å². The van der Waals surface area contributed by atoms with Gasteiger partial charge < -0.3 is 10.2 Å². The summed E-state index contributed by atoms with van der Waals surface area (Å²) in [5.74, 6) is -0.842. The van der Waals surface area contributed by atoms with E-state index in [9.17, 15) is 18.0 Å². The molecule has 0 aliphatic rings. The maximum atomic E-state index is 14.4. The van der Waals surface area contributed by atoms with Crippen LogP contribution < -0.4 is 9.62 Å². The van der Waals surface area contributed by atoms with E-state index in [1.165, 1.54) is 17.0 Å². The first-order valence-corrected chi connectivity index (χ1v) is 16.3. The van der Waals surface area contributed by atoms with Crippen LogP contribution in [0.5, 0.6) is 0 Å². The van der Waals surface area contributed by atoms with E-state index in [0.717, 1.165) is 26.6 Å². The van der Waals surface area contributed by atoms with E-state index in [2.05, 4.69) is 5.32 Å². The van der Waals surface area contributed by atoms with Crippen molar-refractivity contribution < 1.29 is 18.0 Å². The first kappa shape index (κ1) is 32.8. The molecule has 230 valence electrons. The van der Waals surface area contributed by atoms with Crippen molar-refractivity contribution in [1.29, 1.82) is 0 Å². The van der Waals surface area contributed by atoms with Crippen LogP contribution in [-0.4, -0.2) is 43.8 Å². The van der Waals surface area contributed by atoms with Gasteiger partial charge in [-0.3, -0.25) is 13.9 Å². The van der Waals surface area contributed by atoms with Crippen LogP contribution in [0.15, 0.2) is 108 Å². The number of rotatable bonds is 12. The Labute approximate surface area is 265 Å². The molecule has 4 aromatic carbocycles. The van der Waals surface area contributed by atoms with E-state index < -0.39 is 28.5 Å². The van der Waals surface area contributed by atoms with Gasteiger partial charge in [-0.1, -0.05) is 89.5 Å². The number of aryl methyl sites for hydroxylation is 2. The molecule has 0 radical (unpaired) electrons. The number of hydrogen-bond acceptors (Lipinski definition) is 4. The summed E-state index contributed by atoms with van der Waals surface area (Å²) in [6, 6.07) is 28.9. The maximum absolute atomic E-state index is 14.4. The molecule has 0 heterocycles. The molecule has 4 rings (SSSR count). The first-order valence-electron chi connectivity index (χ1n) is 14.5. The molecule has 2 amide bonds. The minimum absolute atomic E-state index is 0.0686. The summed E-state index contributed by atoms with van der Waals surface area (Å²) in [7, 11) is -4.15. The first-order chi connectivity index (χ1) is 20.9. The number of sulfonamides is 1. The predicted octanol–water partition coefficient (Wildman–Crippen LogP) is 6.32. The topological polar surface area (TPSA) is 86.8 Å². The summed E-state index contributed by atoms with van der Waals surface area (Å²) in [6.07, 6.45) is 0.244. The molecule has 0 aliphatic carbocycles. The highest BCUT2D eigenvalue weighted by Crippen LogP contribution is 2.26. The number of carbonyl (C=O) groups is 2. The minimum Gasteiger partial charge on any atom is -0.352 e. The zero-order valence-electron chi connectivity index (χ0n) is 25.4. The number of hydrogen-bond donors (Lipinski definition) is 1. The molecule has 1 N–H and O–H groups in total. The molecule has 0 fully saturated rings. The average molecular weight is 632 g/mol. The molecular formula is C35H38ClN3O4S. The van der Waals surface area contributed by atoms with Crippen molar-refractivity contribution >= 4 is 39.1 Å². The Hall–Kier alpha value is -4.14. The normalized spacial score (nSPS) is 12.0. The van der Waals surface area contributed by atoms with Crippen molar-refractivity contribution in [2.24, 2.45) is 0 Å². The van der Waals surface area contributed by atoms with Gasteiger partial charge in [0.05, 0.1) is 10.6 Å². The van der Waals surface area contributed by atoms with Crippen LogP contribution in [0.3, 0.4) is 0 Å². The molecule has 4 aromatic rings. The summed E-state index contributed by atoms with van der Waals surface area (Å²) in [6.45, 7) is 7.06. The second kappa shape index (κ2) is 14.6. The highest BCUT2D eigenvalue weighted by atomic mass is 35.5. The van der Waals surface area contributed by atoms with E-state index in [1.807, 2.05) is 58.0 Å². The number of anilines is 1. The Morgan fingerprint density at radius 1 is 0.773 bits per heavy atom. The number of halogens is 1. The monoisotopic (exact) mass is 631 g/mol. The molecule has 9 heteroatoms. The molecule has 1 atom stereocenters. The summed E-state index contributed by atoms with van der Waals surface area (Å²) >= 11 is 6.14. The van der Waals surface area contributed by atoms with E-state index in [1.54, 1.807) is 60.7 Å². The zero-order valence-corrected chi connectivity index (χ0v) is 27.0. The van der Waals surface area contributed by atoms with Gasteiger partial charge >= 0.3 is 0 Å². The average Bonchev–Trinajstić information content (AvgIpc) is 2.99. The molecular weight excluding hydrogens is 594 g/mol. The van der Waals surface area contributed by atoms with Crippen LogP contribution in [0.1, 0.15) is 36.1 Å². The summed E-state index contributed by atoms with van der Waals surface area (Å²) in [5, 5.41) is 3.50. The lowest BCUT2D eigenvalue weighted by molar-refractivity contribution is -0.140. The highest BCUT2D eigenvalue weighted by Gasteiger charge is 2.34. The third kappa shape index (κ3) is 8.49. The fourth-order valence-electron chi connectivity index (χ4n) is 4.80.